The van der Waals surface area contributed by atoms with Crippen molar-refractivity contribution in [2.24, 2.45) is 0 Å². The lowest BCUT2D eigenvalue weighted by atomic mass is 10.0. The van der Waals surface area contributed by atoms with Crippen LogP contribution in [-0.2, 0) is 0 Å². The van der Waals surface area contributed by atoms with Crippen LogP contribution in [0.25, 0.3) is 0 Å². The Bertz CT molecular complexity index is 228. The predicted molar refractivity (Wildman–Crippen MR) is 42.4 cm³/mol. The van der Waals surface area contributed by atoms with Gasteiger partial charge in [-0.25, -0.2) is 0 Å². The van der Waals surface area contributed by atoms with Crippen molar-refractivity contribution >= 4 is 0 Å². The Balaban J connectivity index is 2.76. The highest BCUT2D eigenvalue weighted by atomic mass is 16.6. The summed E-state index contributed by atoms with van der Waals surface area (Å²) in [5, 5.41) is 10.3. The standard InChI is InChI=1S/C8H10NO2/c1-2-7-4-3-5-8(6-7)9(10)11/h4-6H,2-3H2,1H3. The second-order valence-electron chi connectivity index (χ2n) is 2.40. The molecule has 0 unspecified atom stereocenters. The Kier molecular flexibility index (Phi) is 2.41. The van der Waals surface area contributed by atoms with E-state index in [0.717, 1.165) is 12.0 Å². The largest absolute Gasteiger partial charge is 0.265 e. The monoisotopic (exact) mass is 152 g/mol. The summed E-state index contributed by atoms with van der Waals surface area (Å²) in [6.07, 6.45) is 6.82. The molecule has 0 heterocycles. The van der Waals surface area contributed by atoms with Crippen molar-refractivity contribution in [1.29, 1.82) is 0 Å². The second kappa shape index (κ2) is 3.32. The van der Waals surface area contributed by atoms with Crippen LogP contribution in [0.15, 0.2) is 23.4 Å². The summed E-state index contributed by atoms with van der Waals surface area (Å²) in [5.41, 5.74) is 1.28. The summed E-state index contributed by atoms with van der Waals surface area (Å²) < 4.78 is 0. The summed E-state index contributed by atoms with van der Waals surface area (Å²) in [4.78, 5) is 9.95. The van der Waals surface area contributed by atoms with Crippen LogP contribution in [0.1, 0.15) is 19.8 Å². The molecule has 0 aromatic rings. The van der Waals surface area contributed by atoms with E-state index in [1.54, 1.807) is 12.2 Å². The van der Waals surface area contributed by atoms with E-state index in [9.17, 15) is 10.1 Å². The van der Waals surface area contributed by atoms with Crippen molar-refractivity contribution in [2.75, 3.05) is 0 Å². The molecule has 3 heteroatoms. The van der Waals surface area contributed by atoms with Gasteiger partial charge in [0, 0.05) is 6.08 Å². The van der Waals surface area contributed by atoms with E-state index in [1.807, 2.05) is 13.3 Å². The molecule has 1 aliphatic rings. The molecule has 11 heavy (non-hydrogen) atoms. The quantitative estimate of drug-likeness (QED) is 0.449. The molecular formula is C8H10NO2. The average molecular weight is 152 g/mol. The molecule has 3 nitrogen and oxygen atoms in total. The first-order valence-corrected chi connectivity index (χ1v) is 3.62. The topological polar surface area (TPSA) is 43.1 Å². The minimum absolute atomic E-state index is 0.226. The number of nitro groups is 1. The first-order chi connectivity index (χ1) is 5.24. The van der Waals surface area contributed by atoms with E-state index in [1.165, 1.54) is 0 Å². The summed E-state index contributed by atoms with van der Waals surface area (Å²) in [6, 6.07) is 0. The SMILES string of the molecule is CCC1=CC([N+](=O)[O-])=CC[CH]1. The van der Waals surface area contributed by atoms with Gasteiger partial charge < -0.3 is 0 Å². The van der Waals surface area contributed by atoms with E-state index in [0.29, 0.717) is 6.42 Å². The van der Waals surface area contributed by atoms with Gasteiger partial charge in [-0.1, -0.05) is 12.5 Å². The zero-order valence-electron chi connectivity index (χ0n) is 6.41. The van der Waals surface area contributed by atoms with Gasteiger partial charge in [0.1, 0.15) is 0 Å². The molecule has 0 atom stereocenters. The maximum atomic E-state index is 10.3. The predicted octanol–water partition coefficient (Wildman–Crippen LogP) is 2.09. The Hall–Kier alpha value is -1.12. The normalized spacial score (nSPS) is 17.2. The summed E-state index contributed by atoms with van der Waals surface area (Å²) in [6.45, 7) is 1.99. The minimum Gasteiger partial charge on any atom is -0.258 e. The van der Waals surface area contributed by atoms with Crippen LogP contribution in [-0.4, -0.2) is 4.92 Å². The first-order valence-electron chi connectivity index (χ1n) is 3.62. The van der Waals surface area contributed by atoms with Gasteiger partial charge in [-0.15, -0.1) is 0 Å². The molecule has 0 aromatic heterocycles. The van der Waals surface area contributed by atoms with E-state index >= 15 is 0 Å². The second-order valence-corrected chi connectivity index (χ2v) is 2.40. The number of rotatable bonds is 2. The molecular weight excluding hydrogens is 142 g/mol. The highest BCUT2D eigenvalue weighted by Gasteiger charge is 2.12. The fraction of sp³-hybridized carbons (Fsp3) is 0.375. The van der Waals surface area contributed by atoms with Gasteiger partial charge in [-0.3, -0.25) is 10.1 Å². The van der Waals surface area contributed by atoms with E-state index in [4.69, 9.17) is 0 Å². The van der Waals surface area contributed by atoms with Crippen LogP contribution in [0, 0.1) is 16.5 Å². The Morgan fingerprint density at radius 1 is 1.73 bits per heavy atom. The van der Waals surface area contributed by atoms with Gasteiger partial charge in [-0.05, 0) is 25.3 Å². The van der Waals surface area contributed by atoms with Crippen molar-refractivity contribution in [3.63, 3.8) is 0 Å². The van der Waals surface area contributed by atoms with Crippen LogP contribution >= 0.6 is 0 Å². The molecule has 59 valence electrons. The van der Waals surface area contributed by atoms with Gasteiger partial charge in [0.2, 0.25) is 0 Å². The Morgan fingerprint density at radius 2 is 2.45 bits per heavy atom. The van der Waals surface area contributed by atoms with E-state index in [2.05, 4.69) is 0 Å². The number of hydrogen-bond acceptors (Lipinski definition) is 2. The zero-order valence-corrected chi connectivity index (χ0v) is 6.41. The molecule has 1 rings (SSSR count). The summed E-state index contributed by atoms with van der Waals surface area (Å²) in [5.74, 6) is 0. The van der Waals surface area contributed by atoms with Crippen molar-refractivity contribution in [2.45, 2.75) is 19.8 Å². The zero-order chi connectivity index (χ0) is 8.27. The third-order valence-corrected chi connectivity index (χ3v) is 1.66. The molecule has 0 fully saturated rings. The third kappa shape index (κ3) is 1.90. The minimum atomic E-state index is -0.345. The van der Waals surface area contributed by atoms with Gasteiger partial charge in [0.05, 0.1) is 4.92 Å². The lowest BCUT2D eigenvalue weighted by Crippen LogP contribution is -2.01. The highest BCUT2D eigenvalue weighted by Crippen LogP contribution is 2.18. The van der Waals surface area contributed by atoms with Gasteiger partial charge in [0.15, 0.2) is 0 Å². The van der Waals surface area contributed by atoms with Crippen molar-refractivity contribution in [3.05, 3.63) is 40.0 Å². The maximum absolute atomic E-state index is 10.3. The maximum Gasteiger partial charge on any atom is 0.265 e. The van der Waals surface area contributed by atoms with Crippen LogP contribution < -0.4 is 0 Å². The molecule has 0 saturated carbocycles. The van der Waals surface area contributed by atoms with Crippen molar-refractivity contribution in [1.82, 2.24) is 0 Å². The molecule has 0 bridgehead atoms. The Morgan fingerprint density at radius 3 is 3.00 bits per heavy atom. The summed E-state index contributed by atoms with van der Waals surface area (Å²) in [7, 11) is 0. The molecule has 0 aliphatic heterocycles. The van der Waals surface area contributed by atoms with Crippen LogP contribution in [0.2, 0.25) is 0 Å². The average Bonchev–Trinajstić information content (AvgIpc) is 2.05. The first kappa shape index (κ1) is 7.98. The van der Waals surface area contributed by atoms with Crippen LogP contribution in [0.4, 0.5) is 0 Å². The van der Waals surface area contributed by atoms with E-state index in [-0.39, 0.29) is 10.6 Å². The molecule has 1 aliphatic carbocycles. The van der Waals surface area contributed by atoms with Gasteiger partial charge >= 0.3 is 0 Å². The number of hydrogen-bond donors (Lipinski definition) is 0. The summed E-state index contributed by atoms with van der Waals surface area (Å²) >= 11 is 0. The molecule has 0 spiro atoms. The molecule has 0 N–H and O–H groups in total. The fourth-order valence-corrected chi connectivity index (χ4v) is 1.01. The van der Waals surface area contributed by atoms with Crippen molar-refractivity contribution < 1.29 is 4.92 Å². The van der Waals surface area contributed by atoms with Crippen molar-refractivity contribution in [3.8, 4) is 0 Å². The lowest BCUT2D eigenvalue weighted by molar-refractivity contribution is -0.419. The highest BCUT2D eigenvalue weighted by molar-refractivity contribution is 5.29. The van der Waals surface area contributed by atoms with E-state index < -0.39 is 0 Å². The lowest BCUT2D eigenvalue weighted by Gasteiger charge is -2.05. The molecule has 0 saturated heterocycles. The van der Waals surface area contributed by atoms with Crippen LogP contribution in [0.5, 0.6) is 0 Å². The molecule has 0 aromatic carbocycles. The number of nitrogens with zero attached hydrogens (tertiary/aromatic N) is 1. The Labute approximate surface area is 65.6 Å². The third-order valence-electron chi connectivity index (χ3n) is 1.66. The van der Waals surface area contributed by atoms with Crippen LogP contribution in [0.3, 0.4) is 0 Å². The van der Waals surface area contributed by atoms with Gasteiger partial charge in [-0.2, -0.15) is 0 Å². The smallest absolute Gasteiger partial charge is 0.258 e. The molecule has 1 radical (unpaired) electrons. The molecule has 0 amide bonds. The van der Waals surface area contributed by atoms with Gasteiger partial charge in [0.25, 0.3) is 5.70 Å². The number of allylic oxidation sites excluding steroid dienone is 3. The fourth-order valence-electron chi connectivity index (χ4n) is 1.01.